The Bertz CT molecular complexity index is 333. The second-order valence-corrected chi connectivity index (χ2v) is 5.06. The summed E-state index contributed by atoms with van der Waals surface area (Å²) in [6.45, 7) is 11.6. The fraction of sp³-hybridized carbons (Fsp3) is 0.846. The summed E-state index contributed by atoms with van der Waals surface area (Å²) in [5.74, 6) is 1.86. The van der Waals surface area contributed by atoms with Crippen LogP contribution in [0.4, 0.5) is 0 Å². The molecule has 18 heavy (non-hydrogen) atoms. The van der Waals surface area contributed by atoms with E-state index in [9.17, 15) is 0 Å². The van der Waals surface area contributed by atoms with Gasteiger partial charge >= 0.3 is 0 Å². The standard InChI is InChI=1S/C13H26N4O/c1-5-17(6-2)8-7-12-15-13(18-16-12)11(14)9-10(3)4/h10-11H,5-9,14H2,1-4H3/t11-/m0/s1. The number of nitrogens with two attached hydrogens (primary N) is 1. The van der Waals surface area contributed by atoms with Crippen molar-refractivity contribution in [2.75, 3.05) is 19.6 Å². The number of nitrogens with zero attached hydrogens (tertiary/aromatic N) is 3. The summed E-state index contributed by atoms with van der Waals surface area (Å²) in [6, 6.07) is -0.139. The van der Waals surface area contributed by atoms with Gasteiger partial charge in [-0.2, -0.15) is 4.98 Å². The molecule has 0 bridgehead atoms. The van der Waals surface area contributed by atoms with Crippen LogP contribution < -0.4 is 5.73 Å². The van der Waals surface area contributed by atoms with E-state index in [4.69, 9.17) is 10.3 Å². The minimum absolute atomic E-state index is 0.139. The maximum Gasteiger partial charge on any atom is 0.243 e. The van der Waals surface area contributed by atoms with Crippen molar-refractivity contribution in [3.8, 4) is 0 Å². The molecule has 0 unspecified atom stereocenters. The van der Waals surface area contributed by atoms with Crippen LogP contribution in [0.15, 0.2) is 4.52 Å². The third-order valence-electron chi connectivity index (χ3n) is 3.07. The molecule has 0 radical (unpaired) electrons. The van der Waals surface area contributed by atoms with Crippen LogP contribution in [0.3, 0.4) is 0 Å². The first-order valence-corrected chi connectivity index (χ1v) is 6.87. The molecule has 5 nitrogen and oxygen atoms in total. The van der Waals surface area contributed by atoms with Gasteiger partial charge in [0.15, 0.2) is 5.82 Å². The maximum atomic E-state index is 6.01. The van der Waals surface area contributed by atoms with E-state index in [0.717, 1.165) is 38.3 Å². The molecular weight excluding hydrogens is 228 g/mol. The summed E-state index contributed by atoms with van der Waals surface area (Å²) in [5.41, 5.74) is 6.01. The zero-order valence-corrected chi connectivity index (χ0v) is 12.0. The fourth-order valence-electron chi connectivity index (χ4n) is 1.93. The monoisotopic (exact) mass is 254 g/mol. The molecule has 1 atom stereocenters. The predicted molar refractivity (Wildman–Crippen MR) is 72.2 cm³/mol. The zero-order chi connectivity index (χ0) is 13.5. The van der Waals surface area contributed by atoms with E-state index in [1.165, 1.54) is 0 Å². The van der Waals surface area contributed by atoms with E-state index < -0.39 is 0 Å². The van der Waals surface area contributed by atoms with E-state index >= 15 is 0 Å². The first-order chi connectivity index (χ1) is 8.56. The minimum atomic E-state index is -0.139. The summed E-state index contributed by atoms with van der Waals surface area (Å²) < 4.78 is 5.22. The summed E-state index contributed by atoms with van der Waals surface area (Å²) in [7, 11) is 0. The molecule has 1 aromatic rings. The highest BCUT2D eigenvalue weighted by Gasteiger charge is 2.16. The van der Waals surface area contributed by atoms with Crippen molar-refractivity contribution >= 4 is 0 Å². The molecule has 1 aromatic heterocycles. The predicted octanol–water partition coefficient (Wildman–Crippen LogP) is 2.00. The molecular formula is C13H26N4O. The van der Waals surface area contributed by atoms with Crippen LogP contribution in [0.2, 0.25) is 0 Å². The molecule has 0 aliphatic carbocycles. The van der Waals surface area contributed by atoms with Gasteiger partial charge in [0.25, 0.3) is 0 Å². The van der Waals surface area contributed by atoms with Gasteiger partial charge in [-0.25, -0.2) is 0 Å². The van der Waals surface area contributed by atoms with Crippen LogP contribution in [-0.2, 0) is 6.42 Å². The highest BCUT2D eigenvalue weighted by Crippen LogP contribution is 2.16. The average molecular weight is 254 g/mol. The van der Waals surface area contributed by atoms with E-state index in [2.05, 4.69) is 42.7 Å². The second-order valence-electron chi connectivity index (χ2n) is 5.06. The molecule has 5 heteroatoms. The molecule has 0 fully saturated rings. The fourth-order valence-corrected chi connectivity index (χ4v) is 1.93. The van der Waals surface area contributed by atoms with E-state index in [1.807, 2.05) is 0 Å². The van der Waals surface area contributed by atoms with Crippen LogP contribution in [0.5, 0.6) is 0 Å². The minimum Gasteiger partial charge on any atom is -0.338 e. The van der Waals surface area contributed by atoms with E-state index in [0.29, 0.717) is 11.8 Å². The van der Waals surface area contributed by atoms with E-state index in [1.54, 1.807) is 0 Å². The topological polar surface area (TPSA) is 68.2 Å². The smallest absolute Gasteiger partial charge is 0.243 e. The van der Waals surface area contributed by atoms with Gasteiger partial charge in [-0.05, 0) is 25.4 Å². The third-order valence-corrected chi connectivity index (χ3v) is 3.07. The molecule has 2 N–H and O–H groups in total. The Kier molecular flexibility index (Phi) is 6.29. The number of hydrogen-bond donors (Lipinski definition) is 1. The maximum absolute atomic E-state index is 6.01. The molecule has 0 aliphatic heterocycles. The molecule has 0 saturated carbocycles. The average Bonchev–Trinajstić information content (AvgIpc) is 2.78. The molecule has 0 spiro atoms. The van der Waals surface area contributed by atoms with Gasteiger partial charge in [0.2, 0.25) is 5.89 Å². The summed E-state index contributed by atoms with van der Waals surface area (Å²) in [5, 5.41) is 3.99. The normalized spacial score (nSPS) is 13.5. The first kappa shape index (κ1) is 15.1. The molecule has 0 aliphatic rings. The van der Waals surface area contributed by atoms with Gasteiger partial charge < -0.3 is 15.2 Å². The lowest BCUT2D eigenvalue weighted by Crippen LogP contribution is -2.25. The molecule has 0 aromatic carbocycles. The van der Waals surface area contributed by atoms with Gasteiger partial charge in [-0.3, -0.25) is 0 Å². The summed E-state index contributed by atoms with van der Waals surface area (Å²) in [6.07, 6.45) is 1.69. The van der Waals surface area contributed by atoms with E-state index in [-0.39, 0.29) is 6.04 Å². The highest BCUT2D eigenvalue weighted by molar-refractivity contribution is 4.92. The largest absolute Gasteiger partial charge is 0.338 e. The third kappa shape index (κ3) is 4.74. The van der Waals surface area contributed by atoms with Crippen LogP contribution >= 0.6 is 0 Å². The molecule has 0 amide bonds. The number of rotatable bonds is 8. The van der Waals surface area contributed by atoms with Crippen LogP contribution in [0.25, 0.3) is 0 Å². The number of hydrogen-bond acceptors (Lipinski definition) is 5. The molecule has 1 rings (SSSR count). The Balaban J connectivity index is 2.47. The highest BCUT2D eigenvalue weighted by atomic mass is 16.5. The van der Waals surface area contributed by atoms with Crippen molar-refractivity contribution in [2.24, 2.45) is 11.7 Å². The lowest BCUT2D eigenvalue weighted by Gasteiger charge is -2.16. The second kappa shape index (κ2) is 7.48. The number of aromatic nitrogens is 2. The Hall–Kier alpha value is -0.940. The molecule has 0 saturated heterocycles. The van der Waals surface area contributed by atoms with Crippen molar-refractivity contribution in [2.45, 2.75) is 46.6 Å². The van der Waals surface area contributed by atoms with Crippen LogP contribution in [0.1, 0.15) is 51.9 Å². The van der Waals surface area contributed by atoms with Crippen molar-refractivity contribution in [1.82, 2.24) is 15.0 Å². The Morgan fingerprint density at radius 3 is 2.50 bits per heavy atom. The Labute approximate surface area is 110 Å². The zero-order valence-electron chi connectivity index (χ0n) is 12.0. The Morgan fingerprint density at radius 1 is 1.28 bits per heavy atom. The summed E-state index contributed by atoms with van der Waals surface area (Å²) in [4.78, 5) is 6.71. The Morgan fingerprint density at radius 2 is 1.94 bits per heavy atom. The van der Waals surface area contributed by atoms with Crippen LogP contribution in [-0.4, -0.2) is 34.7 Å². The van der Waals surface area contributed by atoms with Gasteiger partial charge in [0.05, 0.1) is 6.04 Å². The van der Waals surface area contributed by atoms with Gasteiger partial charge in [0, 0.05) is 13.0 Å². The SMILES string of the molecule is CCN(CC)CCc1noc([C@@H](N)CC(C)C)n1. The molecule has 1 heterocycles. The van der Waals surface area contributed by atoms with Crippen molar-refractivity contribution < 1.29 is 4.52 Å². The van der Waals surface area contributed by atoms with Gasteiger partial charge in [-0.1, -0.05) is 32.9 Å². The number of likely N-dealkylation sites (N-methyl/N-ethyl adjacent to an activating group) is 1. The van der Waals surface area contributed by atoms with Crippen molar-refractivity contribution in [3.63, 3.8) is 0 Å². The summed E-state index contributed by atoms with van der Waals surface area (Å²) >= 11 is 0. The van der Waals surface area contributed by atoms with Crippen molar-refractivity contribution in [3.05, 3.63) is 11.7 Å². The van der Waals surface area contributed by atoms with Gasteiger partial charge in [-0.15, -0.1) is 0 Å². The lowest BCUT2D eigenvalue weighted by molar-refractivity contribution is 0.301. The van der Waals surface area contributed by atoms with Crippen molar-refractivity contribution in [1.29, 1.82) is 0 Å². The lowest BCUT2D eigenvalue weighted by atomic mass is 10.0. The molecule has 104 valence electrons. The van der Waals surface area contributed by atoms with Crippen LogP contribution in [0, 0.1) is 5.92 Å². The van der Waals surface area contributed by atoms with Gasteiger partial charge in [0.1, 0.15) is 0 Å². The first-order valence-electron chi connectivity index (χ1n) is 6.87. The quantitative estimate of drug-likeness (QED) is 0.768.